The summed E-state index contributed by atoms with van der Waals surface area (Å²) >= 11 is 0. The largest absolute Gasteiger partial charge is 0.497 e. The lowest BCUT2D eigenvalue weighted by Crippen LogP contribution is -2.49. The predicted octanol–water partition coefficient (Wildman–Crippen LogP) is 2.18. The topological polar surface area (TPSA) is 89.3 Å². The van der Waals surface area contributed by atoms with Gasteiger partial charge >= 0.3 is 0 Å². The first-order valence-corrected chi connectivity index (χ1v) is 10.0. The minimum Gasteiger partial charge on any atom is -0.497 e. The van der Waals surface area contributed by atoms with E-state index >= 15 is 0 Å². The third-order valence-corrected chi connectivity index (χ3v) is 5.42. The van der Waals surface area contributed by atoms with Crippen LogP contribution in [0.5, 0.6) is 5.75 Å². The van der Waals surface area contributed by atoms with E-state index in [1.54, 1.807) is 11.8 Å². The summed E-state index contributed by atoms with van der Waals surface area (Å²) in [5.41, 5.74) is 2.83. The van der Waals surface area contributed by atoms with Gasteiger partial charge in [-0.1, -0.05) is 23.4 Å². The van der Waals surface area contributed by atoms with Crippen molar-refractivity contribution in [1.82, 2.24) is 29.9 Å². The molecule has 0 atom stereocenters. The minimum atomic E-state index is 0.0542. The first-order chi connectivity index (χ1) is 15.2. The predicted molar refractivity (Wildman–Crippen MR) is 116 cm³/mol. The Morgan fingerprint density at radius 1 is 0.935 bits per heavy atom. The monoisotopic (exact) mass is 415 g/mol. The van der Waals surface area contributed by atoms with Gasteiger partial charge in [0.25, 0.3) is 5.91 Å². The van der Waals surface area contributed by atoms with Gasteiger partial charge in [-0.05, 0) is 36.4 Å². The van der Waals surface area contributed by atoms with E-state index in [4.69, 9.17) is 4.74 Å². The number of hydrogen-bond acceptors (Lipinski definition) is 7. The summed E-state index contributed by atoms with van der Waals surface area (Å²) in [7, 11) is 1.63. The molecule has 0 spiro atoms. The number of rotatable bonds is 4. The zero-order chi connectivity index (χ0) is 21.2. The molecule has 9 nitrogen and oxygen atoms in total. The number of benzene rings is 2. The number of hydrogen-bond donors (Lipinski definition) is 0. The standard InChI is InChI=1S/C22H21N7O2/c1-31-18-9-7-17(8-10-18)29-21-19(25-26-29)20(23-15-24-21)27-11-13-28(14-12-27)22(30)16-5-3-2-4-6-16/h2-10,15H,11-14H2,1H3. The number of nitrogens with zero attached hydrogens (tertiary/aromatic N) is 7. The summed E-state index contributed by atoms with van der Waals surface area (Å²) in [6, 6.07) is 16.9. The number of amides is 1. The summed E-state index contributed by atoms with van der Waals surface area (Å²) < 4.78 is 6.91. The molecule has 1 saturated heterocycles. The van der Waals surface area contributed by atoms with Crippen molar-refractivity contribution in [3.8, 4) is 11.4 Å². The SMILES string of the molecule is COc1ccc(-n2nnc3c(N4CCN(C(=O)c5ccccc5)CC4)ncnc32)cc1. The molecule has 0 N–H and O–H groups in total. The number of carbonyl (C=O) groups is 1. The molecular weight excluding hydrogens is 394 g/mol. The fourth-order valence-corrected chi connectivity index (χ4v) is 3.75. The lowest BCUT2D eigenvalue weighted by Gasteiger charge is -2.35. The van der Waals surface area contributed by atoms with Crippen LogP contribution in [-0.2, 0) is 0 Å². The normalized spacial score (nSPS) is 14.1. The number of methoxy groups -OCH3 is 1. The van der Waals surface area contributed by atoms with Crippen LogP contribution in [-0.4, -0.2) is 69.1 Å². The molecule has 1 amide bonds. The highest BCUT2D eigenvalue weighted by molar-refractivity contribution is 5.94. The second kappa shape index (κ2) is 8.02. The van der Waals surface area contributed by atoms with E-state index < -0.39 is 0 Å². The summed E-state index contributed by atoms with van der Waals surface area (Å²) in [5.74, 6) is 1.56. The van der Waals surface area contributed by atoms with Gasteiger partial charge in [-0.2, -0.15) is 4.68 Å². The number of carbonyl (C=O) groups excluding carboxylic acids is 1. The molecule has 0 radical (unpaired) electrons. The van der Waals surface area contributed by atoms with Crippen LogP contribution in [0.25, 0.3) is 16.9 Å². The van der Waals surface area contributed by atoms with E-state index in [9.17, 15) is 4.79 Å². The van der Waals surface area contributed by atoms with Crippen LogP contribution >= 0.6 is 0 Å². The smallest absolute Gasteiger partial charge is 0.253 e. The highest BCUT2D eigenvalue weighted by Crippen LogP contribution is 2.24. The number of piperazine rings is 1. The second-order valence-corrected chi connectivity index (χ2v) is 7.21. The van der Waals surface area contributed by atoms with Gasteiger partial charge in [-0.3, -0.25) is 4.79 Å². The average molecular weight is 415 g/mol. The maximum absolute atomic E-state index is 12.7. The Morgan fingerprint density at radius 3 is 2.39 bits per heavy atom. The second-order valence-electron chi connectivity index (χ2n) is 7.21. The van der Waals surface area contributed by atoms with E-state index in [0.29, 0.717) is 42.9 Å². The van der Waals surface area contributed by atoms with Gasteiger partial charge in [-0.15, -0.1) is 5.10 Å². The Balaban J connectivity index is 1.36. The highest BCUT2D eigenvalue weighted by atomic mass is 16.5. The number of ether oxygens (including phenoxy) is 1. The lowest BCUT2D eigenvalue weighted by molar-refractivity contribution is 0.0746. The van der Waals surface area contributed by atoms with Crippen LogP contribution in [0.3, 0.4) is 0 Å². The van der Waals surface area contributed by atoms with Crippen molar-refractivity contribution in [2.75, 3.05) is 38.2 Å². The summed E-state index contributed by atoms with van der Waals surface area (Å²) in [6.45, 7) is 2.57. The van der Waals surface area contributed by atoms with E-state index in [1.165, 1.54) is 6.33 Å². The molecule has 0 aliphatic carbocycles. The Hall–Kier alpha value is -4.01. The molecule has 3 heterocycles. The molecule has 4 aromatic rings. The van der Waals surface area contributed by atoms with Crippen molar-refractivity contribution in [3.05, 3.63) is 66.5 Å². The molecule has 31 heavy (non-hydrogen) atoms. The van der Waals surface area contributed by atoms with Gasteiger partial charge in [-0.25, -0.2) is 9.97 Å². The fourth-order valence-electron chi connectivity index (χ4n) is 3.75. The summed E-state index contributed by atoms with van der Waals surface area (Å²) in [4.78, 5) is 25.6. The molecule has 1 fully saturated rings. The van der Waals surface area contributed by atoms with Crippen molar-refractivity contribution in [2.45, 2.75) is 0 Å². The van der Waals surface area contributed by atoms with E-state index in [2.05, 4.69) is 25.2 Å². The quantitative estimate of drug-likeness (QED) is 0.505. The maximum Gasteiger partial charge on any atom is 0.253 e. The molecule has 156 valence electrons. The third kappa shape index (κ3) is 3.54. The first-order valence-electron chi connectivity index (χ1n) is 10.0. The molecule has 0 bridgehead atoms. The molecule has 5 rings (SSSR count). The van der Waals surface area contributed by atoms with Crippen LogP contribution in [0.4, 0.5) is 5.82 Å². The molecule has 0 saturated carbocycles. The Labute approximate surface area is 178 Å². The Morgan fingerprint density at radius 2 is 1.68 bits per heavy atom. The van der Waals surface area contributed by atoms with Crippen LogP contribution < -0.4 is 9.64 Å². The van der Waals surface area contributed by atoms with Gasteiger partial charge < -0.3 is 14.5 Å². The van der Waals surface area contributed by atoms with Gasteiger partial charge in [0, 0.05) is 31.7 Å². The van der Waals surface area contributed by atoms with E-state index in [0.717, 1.165) is 17.3 Å². The van der Waals surface area contributed by atoms with Crippen molar-refractivity contribution in [2.24, 2.45) is 0 Å². The van der Waals surface area contributed by atoms with E-state index in [-0.39, 0.29) is 5.91 Å². The van der Waals surface area contributed by atoms with Crippen molar-refractivity contribution < 1.29 is 9.53 Å². The van der Waals surface area contributed by atoms with Gasteiger partial charge in [0.15, 0.2) is 17.0 Å². The maximum atomic E-state index is 12.7. The van der Waals surface area contributed by atoms with Crippen molar-refractivity contribution in [1.29, 1.82) is 0 Å². The highest BCUT2D eigenvalue weighted by Gasteiger charge is 2.25. The Kier molecular flexibility index (Phi) is 4.91. The van der Waals surface area contributed by atoms with Crippen molar-refractivity contribution >= 4 is 22.9 Å². The minimum absolute atomic E-state index is 0.0542. The average Bonchev–Trinajstić information content (AvgIpc) is 3.29. The van der Waals surface area contributed by atoms with Crippen LogP contribution in [0.15, 0.2) is 60.9 Å². The van der Waals surface area contributed by atoms with Crippen LogP contribution in [0.2, 0.25) is 0 Å². The Bertz CT molecular complexity index is 1200. The number of aromatic nitrogens is 5. The lowest BCUT2D eigenvalue weighted by atomic mass is 10.2. The zero-order valence-electron chi connectivity index (χ0n) is 17.0. The van der Waals surface area contributed by atoms with Crippen molar-refractivity contribution in [3.63, 3.8) is 0 Å². The molecule has 9 heteroatoms. The molecule has 1 aliphatic heterocycles. The summed E-state index contributed by atoms with van der Waals surface area (Å²) in [5, 5.41) is 8.64. The van der Waals surface area contributed by atoms with Gasteiger partial charge in [0.05, 0.1) is 12.8 Å². The van der Waals surface area contributed by atoms with E-state index in [1.807, 2.05) is 59.5 Å². The third-order valence-electron chi connectivity index (χ3n) is 5.42. The summed E-state index contributed by atoms with van der Waals surface area (Å²) in [6.07, 6.45) is 1.53. The number of fused-ring (bicyclic) bond motifs is 1. The molecule has 1 aliphatic rings. The van der Waals surface area contributed by atoms with Crippen LogP contribution in [0, 0.1) is 0 Å². The zero-order valence-corrected chi connectivity index (χ0v) is 17.0. The fraction of sp³-hybridized carbons (Fsp3) is 0.227. The molecule has 2 aromatic heterocycles. The van der Waals surface area contributed by atoms with Gasteiger partial charge in [0.2, 0.25) is 0 Å². The van der Waals surface area contributed by atoms with Gasteiger partial charge in [0.1, 0.15) is 12.1 Å². The van der Waals surface area contributed by atoms with Crippen LogP contribution in [0.1, 0.15) is 10.4 Å². The molecule has 0 unspecified atom stereocenters. The molecule has 2 aromatic carbocycles. The molecular formula is C22H21N7O2. The number of anilines is 1. The first kappa shape index (κ1) is 19.0.